The molecule has 1 fully saturated rings. The number of rotatable bonds is 6. The zero-order valence-electron chi connectivity index (χ0n) is 12.4. The molecule has 0 aromatic carbocycles. The molecule has 114 valence electrons. The van der Waals surface area contributed by atoms with Crippen molar-refractivity contribution in [1.82, 2.24) is 10.2 Å². The minimum atomic E-state index is 0. The minimum absolute atomic E-state index is 0. The number of piperidine rings is 1. The molecule has 0 atom stereocenters. The maximum atomic E-state index is 5.41. The molecule has 1 aliphatic rings. The molecular weight excluding hydrogens is 357 g/mol. The molecule has 6 heteroatoms. The molecule has 1 aliphatic heterocycles. The highest BCUT2D eigenvalue weighted by Crippen LogP contribution is 2.15. The third kappa shape index (κ3) is 7.94. The van der Waals surface area contributed by atoms with Gasteiger partial charge in [0.05, 0.1) is 19.8 Å². The number of hydrogen-bond acceptors (Lipinski definition) is 3. The van der Waals surface area contributed by atoms with E-state index in [0.717, 1.165) is 31.5 Å². The van der Waals surface area contributed by atoms with Gasteiger partial charge in [-0.2, -0.15) is 0 Å². The van der Waals surface area contributed by atoms with Crippen LogP contribution in [0.1, 0.15) is 19.8 Å². The summed E-state index contributed by atoms with van der Waals surface area (Å²) in [6.45, 7) is 7.31. The van der Waals surface area contributed by atoms with E-state index in [1.54, 1.807) is 7.11 Å². The van der Waals surface area contributed by atoms with Gasteiger partial charge in [0.15, 0.2) is 5.96 Å². The summed E-state index contributed by atoms with van der Waals surface area (Å²) in [6, 6.07) is 0. The molecule has 1 rings (SSSR count). The third-order valence-electron chi connectivity index (χ3n) is 3.26. The maximum Gasteiger partial charge on any atom is 0.193 e. The van der Waals surface area contributed by atoms with Crippen LogP contribution in [0.3, 0.4) is 0 Å². The molecule has 1 heterocycles. The number of ether oxygens (including phenoxy) is 2. The standard InChI is InChI=1S/C13H27N3O2.HI/c1-12-4-7-16(8-5-12)13(14-2)15-6-9-18-11-10-17-3;/h12H,4-11H2,1-3H3,(H,14,15);1H. The Hall–Kier alpha value is -0.0800. The predicted molar refractivity (Wildman–Crippen MR) is 89.4 cm³/mol. The van der Waals surface area contributed by atoms with Crippen LogP contribution in [-0.4, -0.2) is 64.5 Å². The molecule has 0 unspecified atom stereocenters. The first-order chi connectivity index (χ1) is 8.77. The van der Waals surface area contributed by atoms with Crippen LogP contribution in [0.5, 0.6) is 0 Å². The van der Waals surface area contributed by atoms with E-state index in [0.29, 0.717) is 19.8 Å². The van der Waals surface area contributed by atoms with E-state index in [9.17, 15) is 0 Å². The molecule has 0 aromatic heterocycles. The highest BCUT2D eigenvalue weighted by atomic mass is 127. The minimum Gasteiger partial charge on any atom is -0.382 e. The average Bonchev–Trinajstić information content (AvgIpc) is 2.39. The van der Waals surface area contributed by atoms with Gasteiger partial charge in [-0.3, -0.25) is 4.99 Å². The van der Waals surface area contributed by atoms with Crippen molar-refractivity contribution in [2.75, 3.05) is 53.6 Å². The van der Waals surface area contributed by atoms with Gasteiger partial charge < -0.3 is 19.7 Å². The van der Waals surface area contributed by atoms with Gasteiger partial charge in [-0.05, 0) is 18.8 Å². The smallest absolute Gasteiger partial charge is 0.193 e. The molecule has 1 N–H and O–H groups in total. The van der Waals surface area contributed by atoms with Gasteiger partial charge in [0.1, 0.15) is 0 Å². The zero-order chi connectivity index (χ0) is 13.2. The summed E-state index contributed by atoms with van der Waals surface area (Å²) < 4.78 is 10.3. The molecule has 0 saturated carbocycles. The van der Waals surface area contributed by atoms with Gasteiger partial charge in [-0.1, -0.05) is 6.92 Å². The van der Waals surface area contributed by atoms with E-state index < -0.39 is 0 Å². The zero-order valence-corrected chi connectivity index (χ0v) is 14.7. The quantitative estimate of drug-likeness (QED) is 0.326. The van der Waals surface area contributed by atoms with E-state index in [1.807, 2.05) is 7.05 Å². The third-order valence-corrected chi connectivity index (χ3v) is 3.26. The lowest BCUT2D eigenvalue weighted by molar-refractivity contribution is 0.0730. The first kappa shape index (κ1) is 18.9. The average molecular weight is 385 g/mol. The number of nitrogens with one attached hydrogen (secondary N) is 1. The van der Waals surface area contributed by atoms with Crippen molar-refractivity contribution in [3.63, 3.8) is 0 Å². The molecule has 5 nitrogen and oxygen atoms in total. The number of halogens is 1. The van der Waals surface area contributed by atoms with Crippen LogP contribution in [0, 0.1) is 5.92 Å². The van der Waals surface area contributed by atoms with Gasteiger partial charge in [0.2, 0.25) is 0 Å². The van der Waals surface area contributed by atoms with E-state index >= 15 is 0 Å². The lowest BCUT2D eigenvalue weighted by atomic mass is 10.00. The van der Waals surface area contributed by atoms with E-state index in [1.165, 1.54) is 12.8 Å². The number of methoxy groups -OCH3 is 1. The summed E-state index contributed by atoms with van der Waals surface area (Å²) >= 11 is 0. The van der Waals surface area contributed by atoms with Crippen molar-refractivity contribution in [2.45, 2.75) is 19.8 Å². The fraction of sp³-hybridized carbons (Fsp3) is 0.923. The maximum absolute atomic E-state index is 5.41. The fourth-order valence-electron chi connectivity index (χ4n) is 2.03. The Balaban J connectivity index is 0.00000324. The van der Waals surface area contributed by atoms with Crippen molar-refractivity contribution in [3.8, 4) is 0 Å². The summed E-state index contributed by atoms with van der Waals surface area (Å²) in [5.74, 6) is 1.84. The first-order valence-electron chi connectivity index (χ1n) is 6.80. The number of guanidine groups is 1. The van der Waals surface area contributed by atoms with E-state index in [-0.39, 0.29) is 24.0 Å². The van der Waals surface area contributed by atoms with Crippen LogP contribution in [0.4, 0.5) is 0 Å². The van der Waals surface area contributed by atoms with Crippen molar-refractivity contribution < 1.29 is 9.47 Å². The molecule has 1 saturated heterocycles. The normalized spacial score (nSPS) is 17.2. The topological polar surface area (TPSA) is 46.1 Å². The Morgan fingerprint density at radius 1 is 1.26 bits per heavy atom. The van der Waals surface area contributed by atoms with Crippen LogP contribution in [0.2, 0.25) is 0 Å². The molecule has 0 spiro atoms. The lowest BCUT2D eigenvalue weighted by Crippen LogP contribution is -2.46. The van der Waals surface area contributed by atoms with E-state index in [2.05, 4.69) is 22.1 Å². The van der Waals surface area contributed by atoms with Crippen LogP contribution < -0.4 is 5.32 Å². The number of likely N-dealkylation sites (tertiary alicyclic amines) is 1. The number of hydrogen-bond donors (Lipinski definition) is 1. The van der Waals surface area contributed by atoms with Gasteiger partial charge in [-0.15, -0.1) is 24.0 Å². The molecule has 0 radical (unpaired) electrons. The molecule has 0 bridgehead atoms. The van der Waals surface area contributed by atoms with Crippen molar-refractivity contribution in [2.24, 2.45) is 10.9 Å². The van der Waals surface area contributed by atoms with Crippen molar-refractivity contribution in [3.05, 3.63) is 0 Å². The van der Waals surface area contributed by atoms with Crippen molar-refractivity contribution >= 4 is 29.9 Å². The summed E-state index contributed by atoms with van der Waals surface area (Å²) in [7, 11) is 3.52. The van der Waals surface area contributed by atoms with Gasteiger partial charge in [0.25, 0.3) is 0 Å². The summed E-state index contributed by atoms with van der Waals surface area (Å²) in [5, 5.41) is 3.34. The SMILES string of the molecule is CN=C(NCCOCCOC)N1CCC(C)CC1.I. The Bertz CT molecular complexity index is 244. The van der Waals surface area contributed by atoms with Crippen LogP contribution in [0.25, 0.3) is 0 Å². The Morgan fingerprint density at radius 2 is 1.95 bits per heavy atom. The number of nitrogens with zero attached hydrogens (tertiary/aromatic N) is 2. The second-order valence-corrected chi connectivity index (χ2v) is 4.75. The van der Waals surface area contributed by atoms with E-state index in [4.69, 9.17) is 9.47 Å². The molecule has 0 amide bonds. The lowest BCUT2D eigenvalue weighted by Gasteiger charge is -2.32. The second-order valence-electron chi connectivity index (χ2n) is 4.75. The summed E-state index contributed by atoms with van der Waals surface area (Å²) in [5.41, 5.74) is 0. The highest BCUT2D eigenvalue weighted by molar-refractivity contribution is 14.0. The predicted octanol–water partition coefficient (Wildman–Crippen LogP) is 1.57. The monoisotopic (exact) mass is 385 g/mol. The van der Waals surface area contributed by atoms with Crippen LogP contribution in [0.15, 0.2) is 4.99 Å². The van der Waals surface area contributed by atoms with Crippen LogP contribution >= 0.6 is 24.0 Å². The molecule has 0 aromatic rings. The summed E-state index contributed by atoms with van der Waals surface area (Å²) in [4.78, 5) is 6.65. The first-order valence-corrected chi connectivity index (χ1v) is 6.80. The Labute approximate surface area is 134 Å². The van der Waals surface area contributed by atoms with Gasteiger partial charge >= 0.3 is 0 Å². The summed E-state index contributed by atoms with van der Waals surface area (Å²) in [6.07, 6.45) is 2.51. The second kappa shape index (κ2) is 11.7. The largest absolute Gasteiger partial charge is 0.382 e. The fourth-order valence-corrected chi connectivity index (χ4v) is 2.03. The molecule has 19 heavy (non-hydrogen) atoms. The van der Waals surface area contributed by atoms with Gasteiger partial charge in [-0.25, -0.2) is 0 Å². The van der Waals surface area contributed by atoms with Crippen LogP contribution in [-0.2, 0) is 9.47 Å². The number of aliphatic imine (C=N–C) groups is 1. The van der Waals surface area contributed by atoms with Gasteiger partial charge in [0, 0.05) is 33.8 Å². The van der Waals surface area contributed by atoms with Crippen molar-refractivity contribution in [1.29, 1.82) is 0 Å². The highest BCUT2D eigenvalue weighted by Gasteiger charge is 2.17. The Kier molecular flexibility index (Phi) is 11.7. The molecular formula is C13H28IN3O2. The molecule has 0 aliphatic carbocycles. The Morgan fingerprint density at radius 3 is 2.53 bits per heavy atom.